The molecule has 2 aliphatic rings. The molecule has 1 aliphatic carbocycles. The molecular formula is C14H21N5O2. The van der Waals surface area contributed by atoms with Crippen molar-refractivity contribution in [3.05, 3.63) is 11.9 Å². The predicted molar refractivity (Wildman–Crippen MR) is 79.7 cm³/mol. The van der Waals surface area contributed by atoms with Gasteiger partial charge in [0.1, 0.15) is 17.5 Å². The summed E-state index contributed by atoms with van der Waals surface area (Å²) in [5.74, 6) is 3.24. The normalized spacial score (nSPS) is 21.2. The number of ether oxygens (including phenoxy) is 1. The first kappa shape index (κ1) is 13.9. The molecule has 1 aromatic rings. The first-order chi connectivity index (χ1) is 10.2. The van der Waals surface area contributed by atoms with Gasteiger partial charge in [-0.1, -0.05) is 0 Å². The minimum absolute atomic E-state index is 0.106. The fourth-order valence-electron chi connectivity index (χ4n) is 2.58. The van der Waals surface area contributed by atoms with E-state index in [-0.39, 0.29) is 12.1 Å². The first-order valence-electron chi connectivity index (χ1n) is 7.35. The summed E-state index contributed by atoms with van der Waals surface area (Å²) in [4.78, 5) is 22.7. The Balaban J connectivity index is 1.72. The summed E-state index contributed by atoms with van der Waals surface area (Å²) < 4.78 is 4.64. The number of nitrogens with zero attached hydrogens (tertiary/aromatic N) is 3. The Morgan fingerprint density at radius 1 is 1.38 bits per heavy atom. The Kier molecular flexibility index (Phi) is 3.81. The van der Waals surface area contributed by atoms with E-state index in [9.17, 15) is 4.79 Å². The van der Waals surface area contributed by atoms with Crippen LogP contribution >= 0.6 is 0 Å². The van der Waals surface area contributed by atoms with Crippen molar-refractivity contribution in [1.29, 1.82) is 0 Å². The maximum Gasteiger partial charge on any atom is 0.407 e. The monoisotopic (exact) mass is 291 g/mol. The Hall–Kier alpha value is -2.05. The zero-order valence-corrected chi connectivity index (χ0v) is 12.4. The van der Waals surface area contributed by atoms with Gasteiger partial charge in [0, 0.05) is 32.1 Å². The Morgan fingerprint density at radius 3 is 2.86 bits per heavy atom. The van der Waals surface area contributed by atoms with Crippen LogP contribution < -0.4 is 15.5 Å². The zero-order chi connectivity index (χ0) is 14.8. The molecule has 3 rings (SSSR count). The van der Waals surface area contributed by atoms with Crippen LogP contribution in [0.15, 0.2) is 6.07 Å². The lowest BCUT2D eigenvalue weighted by Gasteiger charge is -2.19. The summed E-state index contributed by atoms with van der Waals surface area (Å²) in [7, 11) is 3.25. The number of methoxy groups -OCH3 is 1. The van der Waals surface area contributed by atoms with Crippen LogP contribution in [0.3, 0.4) is 0 Å². The fraction of sp³-hybridized carbons (Fsp3) is 0.643. The third-order valence-electron chi connectivity index (χ3n) is 3.95. The van der Waals surface area contributed by atoms with Crippen LogP contribution in [-0.2, 0) is 4.74 Å². The third kappa shape index (κ3) is 3.17. The molecule has 21 heavy (non-hydrogen) atoms. The van der Waals surface area contributed by atoms with E-state index in [1.807, 2.05) is 13.1 Å². The third-order valence-corrected chi connectivity index (χ3v) is 3.95. The molecule has 0 radical (unpaired) electrons. The summed E-state index contributed by atoms with van der Waals surface area (Å²) in [5.41, 5.74) is 0. The van der Waals surface area contributed by atoms with Gasteiger partial charge in [-0.3, -0.25) is 0 Å². The van der Waals surface area contributed by atoms with E-state index in [2.05, 4.69) is 30.2 Å². The Bertz CT molecular complexity index is 532. The number of hydrogen-bond acceptors (Lipinski definition) is 6. The molecular weight excluding hydrogens is 270 g/mol. The summed E-state index contributed by atoms with van der Waals surface area (Å²) in [6, 6.07) is 2.07. The second-order valence-corrected chi connectivity index (χ2v) is 5.56. The number of hydrogen-bond donors (Lipinski definition) is 2. The number of anilines is 2. The molecule has 0 bridgehead atoms. The van der Waals surface area contributed by atoms with Crippen molar-refractivity contribution in [1.82, 2.24) is 15.3 Å². The number of aromatic nitrogens is 2. The standard InChI is InChI=1S/C14H21N5O2/c1-15-11-7-12(18-13(17-11)9-3-4-9)19-6-5-10(8-19)16-14(20)21-2/h7,9-10H,3-6,8H2,1-2H3,(H,16,20)(H,15,17,18). The Labute approximate surface area is 124 Å². The van der Waals surface area contributed by atoms with Crippen LogP contribution in [0.25, 0.3) is 0 Å². The van der Waals surface area contributed by atoms with Crippen LogP contribution in [0.1, 0.15) is 31.0 Å². The van der Waals surface area contributed by atoms with Crippen LogP contribution in [0, 0.1) is 0 Å². The number of amides is 1. The lowest BCUT2D eigenvalue weighted by atomic mass is 10.3. The van der Waals surface area contributed by atoms with Gasteiger partial charge < -0.3 is 20.3 Å². The molecule has 0 spiro atoms. The molecule has 1 aliphatic heterocycles. The molecule has 1 saturated heterocycles. The van der Waals surface area contributed by atoms with Crippen molar-refractivity contribution < 1.29 is 9.53 Å². The summed E-state index contributed by atoms with van der Waals surface area (Å²) in [6.07, 6.45) is 2.88. The van der Waals surface area contributed by atoms with E-state index in [1.54, 1.807) is 0 Å². The number of carbonyl (C=O) groups is 1. The smallest absolute Gasteiger partial charge is 0.407 e. The summed E-state index contributed by atoms with van der Waals surface area (Å²) >= 11 is 0. The molecule has 7 nitrogen and oxygen atoms in total. The average Bonchev–Trinajstić information content (AvgIpc) is 3.26. The van der Waals surface area contributed by atoms with E-state index in [0.29, 0.717) is 5.92 Å². The lowest BCUT2D eigenvalue weighted by Crippen LogP contribution is -2.37. The molecule has 2 N–H and O–H groups in total. The topological polar surface area (TPSA) is 79.4 Å². The van der Waals surface area contributed by atoms with Gasteiger partial charge in [0.15, 0.2) is 0 Å². The van der Waals surface area contributed by atoms with Crippen LogP contribution in [0.5, 0.6) is 0 Å². The second kappa shape index (κ2) is 5.75. The highest BCUT2D eigenvalue weighted by molar-refractivity contribution is 5.67. The van der Waals surface area contributed by atoms with Crippen molar-refractivity contribution in [3.63, 3.8) is 0 Å². The van der Waals surface area contributed by atoms with Gasteiger partial charge in [-0.05, 0) is 19.3 Å². The number of alkyl carbamates (subject to hydrolysis) is 1. The van der Waals surface area contributed by atoms with Gasteiger partial charge in [0.25, 0.3) is 0 Å². The maximum atomic E-state index is 11.3. The van der Waals surface area contributed by atoms with E-state index in [1.165, 1.54) is 20.0 Å². The molecule has 1 atom stereocenters. The first-order valence-corrected chi connectivity index (χ1v) is 7.35. The van der Waals surface area contributed by atoms with Crippen LogP contribution in [-0.4, -0.2) is 49.4 Å². The van der Waals surface area contributed by atoms with E-state index in [4.69, 9.17) is 0 Å². The van der Waals surface area contributed by atoms with Gasteiger partial charge in [-0.15, -0.1) is 0 Å². The molecule has 1 unspecified atom stereocenters. The van der Waals surface area contributed by atoms with E-state index >= 15 is 0 Å². The quantitative estimate of drug-likeness (QED) is 0.871. The maximum absolute atomic E-state index is 11.3. The van der Waals surface area contributed by atoms with Gasteiger partial charge in [-0.25, -0.2) is 14.8 Å². The van der Waals surface area contributed by atoms with Gasteiger partial charge in [0.05, 0.1) is 13.2 Å². The molecule has 2 heterocycles. The van der Waals surface area contributed by atoms with Crippen molar-refractivity contribution in [2.24, 2.45) is 0 Å². The van der Waals surface area contributed by atoms with Gasteiger partial charge in [-0.2, -0.15) is 0 Å². The van der Waals surface area contributed by atoms with E-state index in [0.717, 1.165) is 37.0 Å². The molecule has 1 aromatic heterocycles. The molecule has 1 amide bonds. The Morgan fingerprint density at radius 2 is 2.19 bits per heavy atom. The second-order valence-electron chi connectivity index (χ2n) is 5.56. The highest BCUT2D eigenvalue weighted by Crippen LogP contribution is 2.39. The van der Waals surface area contributed by atoms with Crippen LogP contribution in [0.4, 0.5) is 16.4 Å². The van der Waals surface area contributed by atoms with Crippen molar-refractivity contribution in [2.45, 2.75) is 31.2 Å². The average molecular weight is 291 g/mol. The van der Waals surface area contributed by atoms with Gasteiger partial charge >= 0.3 is 6.09 Å². The summed E-state index contributed by atoms with van der Waals surface area (Å²) in [5, 5.41) is 5.94. The molecule has 2 fully saturated rings. The van der Waals surface area contributed by atoms with Crippen molar-refractivity contribution in [3.8, 4) is 0 Å². The van der Waals surface area contributed by atoms with Crippen LogP contribution in [0.2, 0.25) is 0 Å². The minimum Gasteiger partial charge on any atom is -0.453 e. The van der Waals surface area contributed by atoms with Crippen molar-refractivity contribution in [2.75, 3.05) is 37.5 Å². The number of carbonyl (C=O) groups excluding carboxylic acids is 1. The van der Waals surface area contributed by atoms with Gasteiger partial charge in [0.2, 0.25) is 0 Å². The summed E-state index contributed by atoms with van der Waals surface area (Å²) in [6.45, 7) is 1.62. The lowest BCUT2D eigenvalue weighted by molar-refractivity contribution is 0.167. The minimum atomic E-state index is -0.376. The molecule has 7 heteroatoms. The van der Waals surface area contributed by atoms with E-state index < -0.39 is 0 Å². The van der Waals surface area contributed by atoms with Crippen molar-refractivity contribution >= 4 is 17.7 Å². The number of rotatable bonds is 4. The SMILES string of the molecule is CNc1cc(N2CCC(NC(=O)OC)C2)nc(C2CC2)n1. The molecule has 114 valence electrons. The zero-order valence-electron chi connectivity index (χ0n) is 12.4. The molecule has 1 saturated carbocycles. The highest BCUT2D eigenvalue weighted by atomic mass is 16.5. The largest absolute Gasteiger partial charge is 0.453 e. The number of nitrogens with one attached hydrogen (secondary N) is 2. The molecule has 0 aromatic carbocycles. The predicted octanol–water partition coefficient (Wildman–Crippen LogP) is 1.33. The highest BCUT2D eigenvalue weighted by Gasteiger charge is 2.30. The fourth-order valence-corrected chi connectivity index (χ4v) is 2.58.